The second-order valence-corrected chi connectivity index (χ2v) is 8.83. The summed E-state index contributed by atoms with van der Waals surface area (Å²) in [7, 11) is 1.26. The third kappa shape index (κ3) is 3.84. The molecule has 0 saturated carbocycles. The van der Waals surface area contributed by atoms with Gasteiger partial charge in [-0.25, -0.2) is 12.7 Å². The molecule has 0 unspecified atom stereocenters. The van der Waals surface area contributed by atoms with Crippen LogP contribution in [0, 0.1) is 5.92 Å². The molecule has 1 N–H and O–H groups in total. The number of β-amino-alcohol motifs (C(OH)–C–C–N with tert-alkyl or cyclic N) is 1. The van der Waals surface area contributed by atoms with Gasteiger partial charge in [0.1, 0.15) is 5.75 Å². The lowest BCUT2D eigenvalue weighted by Crippen LogP contribution is -2.33. The van der Waals surface area contributed by atoms with E-state index in [1.165, 1.54) is 18.4 Å². The molecule has 2 heterocycles. The van der Waals surface area contributed by atoms with Gasteiger partial charge in [-0.1, -0.05) is 0 Å². The lowest BCUT2D eigenvalue weighted by atomic mass is 10.1. The van der Waals surface area contributed by atoms with Gasteiger partial charge in [0.05, 0.1) is 19.0 Å². The van der Waals surface area contributed by atoms with Crippen molar-refractivity contribution in [1.82, 2.24) is 9.21 Å². The maximum Gasteiger partial charge on any atom is 0.231 e. The number of methoxy groups -OCH3 is 1. The molecule has 1 aromatic carbocycles. The Morgan fingerprint density at radius 3 is 2.60 bits per heavy atom. The fraction of sp³-hybridized carbons (Fsp3) is 0.625. The van der Waals surface area contributed by atoms with Crippen LogP contribution in [0.15, 0.2) is 12.1 Å². The van der Waals surface area contributed by atoms with Crippen LogP contribution < -0.4 is 14.2 Å². The first-order valence-corrected chi connectivity index (χ1v) is 9.68. The highest BCUT2D eigenvalue weighted by molar-refractivity contribution is 7.89. The summed E-state index contributed by atoms with van der Waals surface area (Å²) in [5, 5.41) is 10.3. The minimum atomic E-state index is -3.35. The second-order valence-electron chi connectivity index (χ2n) is 6.60. The van der Waals surface area contributed by atoms with E-state index in [0.29, 0.717) is 36.9 Å². The third-order valence-corrected chi connectivity index (χ3v) is 6.59. The van der Waals surface area contributed by atoms with E-state index < -0.39 is 16.1 Å². The third-order valence-electron chi connectivity index (χ3n) is 4.63. The number of hydrogen-bond acceptors (Lipinski definition) is 7. The highest BCUT2D eigenvalue weighted by atomic mass is 32.2. The molecule has 0 bridgehead atoms. The smallest absolute Gasteiger partial charge is 0.231 e. The first-order valence-electron chi connectivity index (χ1n) is 8.07. The number of sulfonamides is 1. The van der Waals surface area contributed by atoms with Crippen molar-refractivity contribution in [2.24, 2.45) is 5.92 Å². The van der Waals surface area contributed by atoms with Gasteiger partial charge in [-0.05, 0) is 6.07 Å². The highest BCUT2D eigenvalue weighted by Crippen LogP contribution is 2.39. The summed E-state index contributed by atoms with van der Waals surface area (Å²) < 4.78 is 41.5. The Kier molecular flexibility index (Phi) is 5.10. The van der Waals surface area contributed by atoms with Gasteiger partial charge >= 0.3 is 0 Å². The summed E-state index contributed by atoms with van der Waals surface area (Å²) in [6.45, 7) is 1.65. The monoisotopic (exact) mass is 372 g/mol. The van der Waals surface area contributed by atoms with Crippen LogP contribution in [0.4, 0.5) is 0 Å². The Hall–Kier alpha value is -1.55. The van der Waals surface area contributed by atoms with Crippen molar-refractivity contribution >= 4 is 10.0 Å². The Morgan fingerprint density at radius 1 is 1.28 bits per heavy atom. The minimum Gasteiger partial charge on any atom is -0.496 e. The number of rotatable bonds is 6. The van der Waals surface area contributed by atoms with E-state index in [1.807, 2.05) is 11.0 Å². The standard InChI is InChI=1S/C16H24N2O6S/c1-17(2)25(20,21)9-12-7-18(8-13(12)19)6-11-4-15-16(24-10-23-15)5-14(11)22-3/h4-5,12-13,19H,6-10H2,1-3H3/t12-,13+/m0/s1. The Labute approximate surface area is 147 Å². The number of likely N-dealkylation sites (tertiary alicyclic amines) is 1. The van der Waals surface area contributed by atoms with E-state index >= 15 is 0 Å². The zero-order valence-corrected chi connectivity index (χ0v) is 15.5. The summed E-state index contributed by atoms with van der Waals surface area (Å²) in [6.07, 6.45) is -0.672. The van der Waals surface area contributed by atoms with E-state index in [1.54, 1.807) is 13.2 Å². The summed E-state index contributed by atoms with van der Waals surface area (Å²) in [4.78, 5) is 2.03. The minimum absolute atomic E-state index is 0.0596. The molecule has 0 radical (unpaired) electrons. The summed E-state index contributed by atoms with van der Waals surface area (Å²) in [5.74, 6) is 1.63. The topological polar surface area (TPSA) is 88.5 Å². The van der Waals surface area contributed by atoms with Gasteiger partial charge in [0.25, 0.3) is 0 Å². The van der Waals surface area contributed by atoms with Crippen LogP contribution in [0.3, 0.4) is 0 Å². The van der Waals surface area contributed by atoms with E-state index in [0.717, 1.165) is 5.56 Å². The maximum atomic E-state index is 12.1. The van der Waals surface area contributed by atoms with E-state index in [9.17, 15) is 13.5 Å². The van der Waals surface area contributed by atoms with Crippen molar-refractivity contribution in [2.45, 2.75) is 12.6 Å². The fourth-order valence-electron chi connectivity index (χ4n) is 3.17. The van der Waals surface area contributed by atoms with Crippen molar-refractivity contribution < 1.29 is 27.7 Å². The van der Waals surface area contributed by atoms with Gasteiger partial charge in [0, 0.05) is 51.3 Å². The molecule has 2 aliphatic rings. The van der Waals surface area contributed by atoms with Crippen molar-refractivity contribution in [3.05, 3.63) is 17.7 Å². The van der Waals surface area contributed by atoms with Gasteiger partial charge in [-0.2, -0.15) is 0 Å². The normalized spacial score (nSPS) is 23.4. The number of aliphatic hydroxyl groups is 1. The number of hydrogen-bond donors (Lipinski definition) is 1. The predicted octanol–water partition coefficient (Wildman–Crippen LogP) is 0.108. The lowest BCUT2D eigenvalue weighted by molar-refractivity contribution is 0.148. The summed E-state index contributed by atoms with van der Waals surface area (Å²) in [6, 6.07) is 3.66. The highest BCUT2D eigenvalue weighted by Gasteiger charge is 2.35. The molecule has 1 aromatic rings. The fourth-order valence-corrected chi connectivity index (χ4v) is 4.34. The van der Waals surface area contributed by atoms with Gasteiger partial charge in [0.15, 0.2) is 11.5 Å². The molecular formula is C16H24N2O6S. The average molecular weight is 372 g/mol. The van der Waals surface area contributed by atoms with Crippen LogP contribution in [-0.4, -0.2) is 75.7 Å². The van der Waals surface area contributed by atoms with E-state index in [-0.39, 0.29) is 18.5 Å². The molecule has 0 amide bonds. The Bertz CT molecular complexity index is 736. The quantitative estimate of drug-likeness (QED) is 0.758. The molecule has 0 aliphatic carbocycles. The molecule has 2 atom stereocenters. The van der Waals surface area contributed by atoms with Crippen LogP contribution >= 0.6 is 0 Å². The number of aliphatic hydroxyl groups excluding tert-OH is 1. The van der Waals surface area contributed by atoms with Crippen LogP contribution in [0.5, 0.6) is 17.2 Å². The molecule has 140 valence electrons. The second kappa shape index (κ2) is 6.99. The van der Waals surface area contributed by atoms with E-state index in [2.05, 4.69) is 0 Å². The number of ether oxygens (including phenoxy) is 3. The van der Waals surface area contributed by atoms with Gasteiger partial charge in [-0.15, -0.1) is 0 Å². The molecule has 9 heteroatoms. The molecule has 3 rings (SSSR count). The lowest BCUT2D eigenvalue weighted by Gasteiger charge is -2.19. The SMILES string of the molecule is COc1cc2c(cc1CN1C[C@@H](CS(=O)(=O)N(C)C)[C@H](O)C1)OCO2. The molecule has 1 fully saturated rings. The zero-order valence-electron chi connectivity index (χ0n) is 14.6. The van der Waals surface area contributed by atoms with Crippen LogP contribution in [0.2, 0.25) is 0 Å². The first-order chi connectivity index (χ1) is 11.8. The number of benzene rings is 1. The van der Waals surface area contributed by atoms with Crippen LogP contribution in [0.25, 0.3) is 0 Å². The van der Waals surface area contributed by atoms with Crippen LogP contribution in [0.1, 0.15) is 5.56 Å². The molecule has 8 nitrogen and oxygen atoms in total. The predicted molar refractivity (Wildman–Crippen MR) is 91.4 cm³/mol. The van der Waals surface area contributed by atoms with Crippen molar-refractivity contribution in [1.29, 1.82) is 0 Å². The first kappa shape index (κ1) is 18.2. The van der Waals surface area contributed by atoms with Crippen molar-refractivity contribution in [3.8, 4) is 17.2 Å². The maximum absolute atomic E-state index is 12.1. The average Bonchev–Trinajstić information content (AvgIpc) is 3.12. The summed E-state index contributed by atoms with van der Waals surface area (Å²) in [5.41, 5.74) is 0.912. The van der Waals surface area contributed by atoms with Crippen molar-refractivity contribution in [3.63, 3.8) is 0 Å². The molecule has 1 saturated heterocycles. The van der Waals surface area contributed by atoms with Crippen molar-refractivity contribution in [2.75, 3.05) is 46.8 Å². The molecule has 0 aromatic heterocycles. The van der Waals surface area contributed by atoms with Gasteiger partial charge < -0.3 is 19.3 Å². The Morgan fingerprint density at radius 2 is 1.96 bits per heavy atom. The van der Waals surface area contributed by atoms with E-state index in [4.69, 9.17) is 14.2 Å². The molecule has 25 heavy (non-hydrogen) atoms. The van der Waals surface area contributed by atoms with Gasteiger partial charge in [0.2, 0.25) is 16.8 Å². The Balaban J connectivity index is 1.71. The van der Waals surface area contributed by atoms with Gasteiger partial charge in [-0.3, -0.25) is 4.90 Å². The summed E-state index contributed by atoms with van der Waals surface area (Å²) >= 11 is 0. The number of fused-ring (bicyclic) bond motifs is 1. The molecular weight excluding hydrogens is 348 g/mol. The molecule has 2 aliphatic heterocycles. The zero-order chi connectivity index (χ0) is 18.2. The van der Waals surface area contributed by atoms with Crippen LogP contribution in [-0.2, 0) is 16.6 Å². The number of nitrogens with zero attached hydrogens (tertiary/aromatic N) is 2. The molecule has 0 spiro atoms. The largest absolute Gasteiger partial charge is 0.496 e.